The molecule has 10 nitrogen and oxygen atoms in total. The number of rotatable bonds is 14. The highest BCUT2D eigenvalue weighted by Crippen LogP contribution is 2.36. The first-order valence-corrected chi connectivity index (χ1v) is 9.89. The van der Waals surface area contributed by atoms with Crippen LogP contribution < -0.4 is 5.32 Å². The minimum absolute atomic E-state index is 0. The molecule has 174 valence electrons. The van der Waals surface area contributed by atoms with Gasteiger partial charge in [-0.05, 0) is 11.6 Å². The van der Waals surface area contributed by atoms with Crippen molar-refractivity contribution in [3.05, 3.63) is 30.1 Å². The van der Waals surface area contributed by atoms with Gasteiger partial charge in [0.2, 0.25) is 11.8 Å². The summed E-state index contributed by atoms with van der Waals surface area (Å²) in [6.07, 6.45) is 3.48. The first-order chi connectivity index (χ1) is 14.5. The summed E-state index contributed by atoms with van der Waals surface area (Å²) in [6.45, 7) is 2.27. The van der Waals surface area contributed by atoms with E-state index in [1.807, 2.05) is 6.07 Å². The molecule has 0 aromatic carbocycles. The van der Waals surface area contributed by atoms with E-state index < -0.39 is 11.9 Å². The zero-order valence-electron chi connectivity index (χ0n) is 17.5. The van der Waals surface area contributed by atoms with Gasteiger partial charge in [-0.3, -0.25) is 19.4 Å². The second kappa shape index (κ2) is 14.7. The number of carboxylic acid groups (broad SMARTS) is 1. The van der Waals surface area contributed by atoms with Crippen molar-refractivity contribution in [2.75, 3.05) is 53.2 Å². The Bertz CT molecular complexity index is 693. The van der Waals surface area contributed by atoms with Crippen molar-refractivity contribution in [1.29, 1.82) is 0 Å². The van der Waals surface area contributed by atoms with Gasteiger partial charge in [-0.25, -0.2) is 0 Å². The van der Waals surface area contributed by atoms with Crippen LogP contribution in [0.4, 0.5) is 0 Å². The predicted molar refractivity (Wildman–Crippen MR) is 113 cm³/mol. The predicted octanol–water partition coefficient (Wildman–Crippen LogP) is 0.664. The Labute approximate surface area is 187 Å². The maximum absolute atomic E-state index is 12.6. The van der Waals surface area contributed by atoms with Crippen molar-refractivity contribution in [3.63, 3.8) is 0 Å². The van der Waals surface area contributed by atoms with Gasteiger partial charge < -0.3 is 29.5 Å². The molecule has 1 fully saturated rings. The quantitative estimate of drug-likeness (QED) is 0.388. The number of amides is 2. The smallest absolute Gasteiger partial charge is 0.305 e. The molecule has 1 saturated heterocycles. The van der Waals surface area contributed by atoms with E-state index in [-0.39, 0.29) is 49.7 Å². The number of carbonyl (C=O) groups excluding carboxylic acids is 2. The molecule has 0 radical (unpaired) electrons. The van der Waals surface area contributed by atoms with Gasteiger partial charge in [0.05, 0.1) is 58.0 Å². The fraction of sp³-hybridized carbons (Fsp3) is 0.600. The maximum atomic E-state index is 12.6. The van der Waals surface area contributed by atoms with Crippen molar-refractivity contribution in [2.45, 2.75) is 18.9 Å². The van der Waals surface area contributed by atoms with Crippen molar-refractivity contribution in [2.24, 2.45) is 5.92 Å². The summed E-state index contributed by atoms with van der Waals surface area (Å²) < 4.78 is 15.8. The molecule has 0 aliphatic carbocycles. The van der Waals surface area contributed by atoms with Gasteiger partial charge >= 0.3 is 5.97 Å². The van der Waals surface area contributed by atoms with Crippen LogP contribution in [0.1, 0.15) is 24.4 Å². The van der Waals surface area contributed by atoms with E-state index in [9.17, 15) is 14.4 Å². The van der Waals surface area contributed by atoms with Gasteiger partial charge in [0.25, 0.3) is 0 Å². The molecule has 2 atom stereocenters. The number of nitrogens with zero attached hydrogens (tertiary/aromatic N) is 2. The number of nitrogens with one attached hydrogen (secondary N) is 1. The Morgan fingerprint density at radius 2 is 1.81 bits per heavy atom. The second-order valence-electron chi connectivity index (χ2n) is 6.82. The molecule has 1 aliphatic rings. The van der Waals surface area contributed by atoms with Gasteiger partial charge in [0, 0.05) is 32.4 Å². The van der Waals surface area contributed by atoms with E-state index >= 15 is 0 Å². The average Bonchev–Trinajstić information content (AvgIpc) is 3.03. The number of carboxylic acids is 1. The van der Waals surface area contributed by atoms with Crippen LogP contribution in [0.3, 0.4) is 0 Å². The molecule has 2 N–H and O–H groups in total. The Kier molecular flexibility index (Phi) is 12.7. The monoisotopic (exact) mass is 459 g/mol. The molecular formula is C20H30ClN3O7. The molecule has 2 heterocycles. The van der Waals surface area contributed by atoms with E-state index in [0.717, 1.165) is 5.56 Å². The van der Waals surface area contributed by atoms with Crippen LogP contribution >= 0.6 is 12.4 Å². The zero-order chi connectivity index (χ0) is 21.8. The van der Waals surface area contributed by atoms with E-state index in [0.29, 0.717) is 39.6 Å². The highest BCUT2D eigenvalue weighted by molar-refractivity contribution is 5.90. The Morgan fingerprint density at radius 3 is 2.42 bits per heavy atom. The molecule has 2 rings (SSSR count). The van der Waals surface area contributed by atoms with E-state index in [2.05, 4.69) is 10.3 Å². The molecule has 0 bridgehead atoms. The van der Waals surface area contributed by atoms with Gasteiger partial charge in [0.1, 0.15) is 0 Å². The number of hydrogen-bond acceptors (Lipinski definition) is 7. The van der Waals surface area contributed by atoms with Crippen LogP contribution in [-0.4, -0.2) is 86.0 Å². The maximum Gasteiger partial charge on any atom is 0.305 e. The van der Waals surface area contributed by atoms with Crippen LogP contribution in [0.15, 0.2) is 24.5 Å². The summed E-state index contributed by atoms with van der Waals surface area (Å²) in [4.78, 5) is 40.7. The van der Waals surface area contributed by atoms with E-state index in [1.165, 1.54) is 0 Å². The van der Waals surface area contributed by atoms with Gasteiger partial charge in [-0.15, -0.1) is 12.4 Å². The number of aliphatic carboxylic acids is 1. The van der Waals surface area contributed by atoms with Crippen LogP contribution in [0.2, 0.25) is 0 Å². The number of likely N-dealkylation sites (tertiary alicyclic amines) is 1. The van der Waals surface area contributed by atoms with Crippen LogP contribution in [-0.2, 0) is 28.6 Å². The van der Waals surface area contributed by atoms with Gasteiger partial charge in [-0.1, -0.05) is 6.07 Å². The lowest BCUT2D eigenvalue weighted by molar-refractivity contribution is -0.138. The minimum Gasteiger partial charge on any atom is -0.481 e. The summed E-state index contributed by atoms with van der Waals surface area (Å²) in [5, 5.41) is 11.3. The number of ether oxygens (including phenoxy) is 3. The van der Waals surface area contributed by atoms with Gasteiger partial charge in [-0.2, -0.15) is 0 Å². The molecule has 11 heteroatoms. The SMILES string of the molecule is CN1C(=O)C[C@H](C(=O)NCCOCCOCCOCCC(=O)O)[C@H]1c1cccnc1.Cl. The third-order valence-electron chi connectivity index (χ3n) is 4.70. The van der Waals surface area contributed by atoms with Crippen molar-refractivity contribution < 1.29 is 33.7 Å². The van der Waals surface area contributed by atoms with Crippen LogP contribution in [0.25, 0.3) is 0 Å². The van der Waals surface area contributed by atoms with Crippen LogP contribution in [0.5, 0.6) is 0 Å². The van der Waals surface area contributed by atoms with Gasteiger partial charge in [0.15, 0.2) is 0 Å². The standard InChI is InChI=1S/C20H29N3O7.ClH/c1-23-17(24)13-16(19(23)15-3-2-5-21-14-15)20(27)22-6-8-29-10-12-30-11-9-28-7-4-18(25)26;/h2-3,5,14,16,19H,4,6-13H2,1H3,(H,22,27)(H,25,26);1H/t16-,19+;/m0./s1. The Balaban J connectivity index is 0.00000480. The molecule has 0 unspecified atom stereocenters. The van der Waals surface area contributed by atoms with E-state index in [4.69, 9.17) is 19.3 Å². The second-order valence-corrected chi connectivity index (χ2v) is 6.82. The number of aromatic nitrogens is 1. The Hall–Kier alpha value is -2.27. The number of halogens is 1. The van der Waals surface area contributed by atoms with E-state index in [1.54, 1.807) is 30.4 Å². The highest BCUT2D eigenvalue weighted by atomic mass is 35.5. The summed E-state index contributed by atoms with van der Waals surface area (Å²) in [5.74, 6) is -1.60. The molecular weight excluding hydrogens is 430 g/mol. The Morgan fingerprint density at radius 1 is 1.16 bits per heavy atom. The van der Waals surface area contributed by atoms with Crippen molar-refractivity contribution in [1.82, 2.24) is 15.2 Å². The molecule has 1 aromatic heterocycles. The third kappa shape index (κ3) is 9.18. The lowest BCUT2D eigenvalue weighted by atomic mass is 9.94. The summed E-state index contributed by atoms with van der Waals surface area (Å²) >= 11 is 0. The number of hydrogen-bond donors (Lipinski definition) is 2. The fourth-order valence-corrected chi connectivity index (χ4v) is 3.19. The molecule has 0 saturated carbocycles. The molecule has 31 heavy (non-hydrogen) atoms. The van der Waals surface area contributed by atoms with Crippen LogP contribution in [0, 0.1) is 5.92 Å². The number of carbonyl (C=O) groups is 3. The van der Waals surface area contributed by atoms with Crippen molar-refractivity contribution >= 4 is 30.2 Å². The minimum atomic E-state index is -0.893. The molecule has 1 aromatic rings. The first kappa shape index (κ1) is 26.8. The lowest BCUT2D eigenvalue weighted by Crippen LogP contribution is -2.36. The average molecular weight is 460 g/mol. The normalized spacial score (nSPS) is 18.0. The summed E-state index contributed by atoms with van der Waals surface area (Å²) in [6, 6.07) is 3.34. The highest BCUT2D eigenvalue weighted by Gasteiger charge is 2.42. The molecule has 0 spiro atoms. The summed E-state index contributed by atoms with van der Waals surface area (Å²) in [5.41, 5.74) is 0.839. The third-order valence-corrected chi connectivity index (χ3v) is 4.70. The molecule has 1 aliphatic heterocycles. The topological polar surface area (TPSA) is 127 Å². The summed E-state index contributed by atoms with van der Waals surface area (Å²) in [7, 11) is 1.70. The lowest BCUT2D eigenvalue weighted by Gasteiger charge is -2.24. The fourth-order valence-electron chi connectivity index (χ4n) is 3.19. The first-order valence-electron chi connectivity index (χ1n) is 9.89. The molecule has 2 amide bonds. The largest absolute Gasteiger partial charge is 0.481 e. The zero-order valence-corrected chi connectivity index (χ0v) is 18.3. The van der Waals surface area contributed by atoms with Crippen molar-refractivity contribution in [3.8, 4) is 0 Å². The number of pyridine rings is 1.